The van der Waals surface area contributed by atoms with Crippen molar-refractivity contribution in [3.8, 4) is 0 Å². The van der Waals surface area contributed by atoms with Gasteiger partial charge in [0.2, 0.25) is 11.7 Å². The number of ketones is 1. The predicted octanol–water partition coefficient (Wildman–Crippen LogP) is 3.99. The summed E-state index contributed by atoms with van der Waals surface area (Å²) in [6.45, 7) is 5.06. The number of aryl methyl sites for hydroxylation is 1. The highest BCUT2D eigenvalue weighted by atomic mass is 32.1. The Morgan fingerprint density at radius 1 is 1.09 bits per heavy atom. The number of hydrogen-bond donors (Lipinski definition) is 0. The van der Waals surface area contributed by atoms with E-state index in [4.69, 9.17) is 4.74 Å². The average Bonchev–Trinajstić information content (AvgIpc) is 3.50. The number of carbonyl (C=O) groups is 3. The van der Waals surface area contributed by atoms with Gasteiger partial charge in [-0.25, -0.2) is 0 Å². The molecular formula is C25H26N2O4S. The molecule has 1 aliphatic rings. The number of carbonyl (C=O) groups excluding carboxylic acids is 3. The minimum Gasteiger partial charge on any atom is -0.457 e. The number of ether oxygens (including phenoxy) is 1. The normalized spacial score (nSPS) is 15.9. The number of aromatic nitrogens is 1. The topological polar surface area (TPSA) is 68.6 Å². The van der Waals surface area contributed by atoms with Gasteiger partial charge in [-0.3, -0.25) is 14.4 Å². The first kappa shape index (κ1) is 22.0. The summed E-state index contributed by atoms with van der Waals surface area (Å²) in [7, 11) is 0. The molecule has 3 aromatic rings. The number of amides is 1. The SMILES string of the molecule is Cc1cc(C(=O)COC(=O)[C@H]2CC(=O)N(Cc3ccccc3)C2)c(C)n1Cc1cccs1. The maximum absolute atomic E-state index is 12.8. The Balaban J connectivity index is 1.33. The number of thiophene rings is 1. The van der Waals surface area contributed by atoms with Crippen molar-refractivity contribution in [2.45, 2.75) is 33.4 Å². The standard InChI is InChI=1S/C25H26N2O4S/c1-17-11-22(18(2)27(17)15-21-9-6-10-32-21)23(28)16-31-25(30)20-12-24(29)26(14-20)13-19-7-4-3-5-8-19/h3-11,20H,12-16H2,1-2H3/t20-/m0/s1. The summed E-state index contributed by atoms with van der Waals surface area (Å²) in [5, 5.41) is 2.03. The van der Waals surface area contributed by atoms with E-state index in [0.29, 0.717) is 25.2 Å². The third-order valence-electron chi connectivity index (χ3n) is 5.88. The molecule has 1 atom stereocenters. The molecule has 4 rings (SSSR count). The largest absolute Gasteiger partial charge is 0.457 e. The summed E-state index contributed by atoms with van der Waals surface area (Å²) in [4.78, 5) is 40.5. The van der Waals surface area contributed by atoms with Gasteiger partial charge in [-0.1, -0.05) is 36.4 Å². The summed E-state index contributed by atoms with van der Waals surface area (Å²) in [5.41, 5.74) is 3.44. The molecule has 1 saturated heterocycles. The molecular weight excluding hydrogens is 424 g/mol. The number of likely N-dealkylation sites (tertiary alicyclic amines) is 1. The molecule has 1 fully saturated rings. The summed E-state index contributed by atoms with van der Waals surface area (Å²) < 4.78 is 7.42. The number of nitrogens with zero attached hydrogens (tertiary/aromatic N) is 2. The van der Waals surface area contributed by atoms with Crippen molar-refractivity contribution in [1.82, 2.24) is 9.47 Å². The van der Waals surface area contributed by atoms with E-state index in [1.54, 1.807) is 16.2 Å². The van der Waals surface area contributed by atoms with E-state index in [0.717, 1.165) is 17.0 Å². The van der Waals surface area contributed by atoms with Crippen LogP contribution in [0.15, 0.2) is 53.9 Å². The smallest absolute Gasteiger partial charge is 0.311 e. The van der Waals surface area contributed by atoms with Crippen molar-refractivity contribution in [1.29, 1.82) is 0 Å². The quantitative estimate of drug-likeness (QED) is 0.384. The molecule has 1 amide bonds. The van der Waals surface area contributed by atoms with Crippen LogP contribution in [0.4, 0.5) is 0 Å². The Morgan fingerprint density at radius 2 is 1.88 bits per heavy atom. The summed E-state index contributed by atoms with van der Waals surface area (Å²) in [6, 6.07) is 15.6. The predicted molar refractivity (Wildman–Crippen MR) is 123 cm³/mol. The monoisotopic (exact) mass is 450 g/mol. The molecule has 0 N–H and O–H groups in total. The lowest BCUT2D eigenvalue weighted by atomic mass is 10.1. The number of esters is 1. The summed E-state index contributed by atoms with van der Waals surface area (Å²) in [6.07, 6.45) is 0.120. The fraction of sp³-hybridized carbons (Fsp3) is 0.320. The molecule has 1 aliphatic heterocycles. The van der Waals surface area contributed by atoms with E-state index in [1.807, 2.05) is 61.7 Å². The van der Waals surface area contributed by atoms with E-state index >= 15 is 0 Å². The fourth-order valence-corrected chi connectivity index (χ4v) is 4.80. The fourth-order valence-electron chi connectivity index (χ4n) is 4.10. The molecule has 3 heterocycles. The van der Waals surface area contributed by atoms with Crippen molar-refractivity contribution >= 4 is 29.0 Å². The van der Waals surface area contributed by atoms with Gasteiger partial charge in [-0.05, 0) is 36.9 Å². The second kappa shape index (κ2) is 9.53. The van der Waals surface area contributed by atoms with Crippen LogP contribution >= 0.6 is 11.3 Å². The zero-order chi connectivity index (χ0) is 22.7. The highest BCUT2D eigenvalue weighted by Gasteiger charge is 2.35. The van der Waals surface area contributed by atoms with Gasteiger partial charge in [-0.2, -0.15) is 0 Å². The van der Waals surface area contributed by atoms with Crippen LogP contribution in [-0.4, -0.2) is 40.3 Å². The molecule has 166 valence electrons. The van der Waals surface area contributed by atoms with E-state index in [9.17, 15) is 14.4 Å². The van der Waals surface area contributed by atoms with Gasteiger partial charge in [-0.15, -0.1) is 11.3 Å². The Hall–Kier alpha value is -3.19. The molecule has 0 aliphatic carbocycles. The van der Waals surface area contributed by atoms with Crippen LogP contribution in [0, 0.1) is 19.8 Å². The molecule has 0 saturated carbocycles. The number of rotatable bonds is 8. The third-order valence-corrected chi connectivity index (χ3v) is 6.74. The second-order valence-electron chi connectivity index (χ2n) is 8.14. The second-order valence-corrected chi connectivity index (χ2v) is 9.17. The maximum Gasteiger partial charge on any atom is 0.311 e. The zero-order valence-electron chi connectivity index (χ0n) is 18.2. The summed E-state index contributed by atoms with van der Waals surface area (Å²) >= 11 is 1.68. The van der Waals surface area contributed by atoms with Crippen LogP contribution in [-0.2, 0) is 27.4 Å². The van der Waals surface area contributed by atoms with Gasteiger partial charge >= 0.3 is 5.97 Å². The van der Waals surface area contributed by atoms with Crippen LogP contribution in [0.25, 0.3) is 0 Å². The van der Waals surface area contributed by atoms with Crippen LogP contribution in [0.3, 0.4) is 0 Å². The molecule has 0 bridgehead atoms. The van der Waals surface area contributed by atoms with Crippen LogP contribution in [0.1, 0.15) is 38.6 Å². The van der Waals surface area contributed by atoms with Gasteiger partial charge in [0.05, 0.1) is 12.5 Å². The Labute approximate surface area is 191 Å². The summed E-state index contributed by atoms with van der Waals surface area (Å²) in [5.74, 6) is -1.33. The van der Waals surface area contributed by atoms with E-state index in [-0.39, 0.29) is 24.7 Å². The molecule has 6 nitrogen and oxygen atoms in total. The van der Waals surface area contributed by atoms with E-state index in [2.05, 4.69) is 10.6 Å². The van der Waals surface area contributed by atoms with Crippen molar-refractivity contribution < 1.29 is 19.1 Å². The molecule has 0 unspecified atom stereocenters. The van der Waals surface area contributed by atoms with Crippen LogP contribution < -0.4 is 0 Å². The first-order valence-electron chi connectivity index (χ1n) is 10.6. The van der Waals surface area contributed by atoms with Crippen LogP contribution in [0.2, 0.25) is 0 Å². The lowest BCUT2D eigenvalue weighted by Gasteiger charge is -2.16. The van der Waals surface area contributed by atoms with E-state index < -0.39 is 11.9 Å². The molecule has 0 radical (unpaired) electrons. The van der Waals surface area contributed by atoms with Crippen molar-refractivity contribution in [2.24, 2.45) is 5.92 Å². The molecule has 1 aromatic carbocycles. The van der Waals surface area contributed by atoms with Crippen molar-refractivity contribution in [2.75, 3.05) is 13.2 Å². The average molecular weight is 451 g/mol. The third kappa shape index (κ3) is 4.83. The van der Waals surface area contributed by atoms with Crippen LogP contribution in [0.5, 0.6) is 0 Å². The lowest BCUT2D eigenvalue weighted by molar-refractivity contribution is -0.147. The first-order valence-corrected chi connectivity index (χ1v) is 11.5. The molecule has 2 aromatic heterocycles. The van der Waals surface area contributed by atoms with Crippen molar-refractivity contribution in [3.05, 3.63) is 81.3 Å². The maximum atomic E-state index is 12.8. The van der Waals surface area contributed by atoms with E-state index in [1.165, 1.54) is 4.88 Å². The minimum atomic E-state index is -0.537. The molecule has 7 heteroatoms. The molecule has 32 heavy (non-hydrogen) atoms. The van der Waals surface area contributed by atoms with Gasteiger partial charge in [0, 0.05) is 41.3 Å². The number of benzene rings is 1. The Kier molecular flexibility index (Phi) is 6.55. The van der Waals surface area contributed by atoms with Crippen molar-refractivity contribution in [3.63, 3.8) is 0 Å². The van der Waals surface area contributed by atoms with Gasteiger partial charge in [0.1, 0.15) is 0 Å². The Bertz CT molecular complexity index is 1120. The highest BCUT2D eigenvalue weighted by Crippen LogP contribution is 2.23. The highest BCUT2D eigenvalue weighted by molar-refractivity contribution is 7.09. The number of hydrogen-bond acceptors (Lipinski definition) is 5. The first-order chi connectivity index (χ1) is 15.4. The Morgan fingerprint density at radius 3 is 2.59 bits per heavy atom. The number of Topliss-reactive ketones (excluding diaryl/α,β-unsaturated/α-hetero) is 1. The minimum absolute atomic E-state index is 0.0701. The van der Waals surface area contributed by atoms with Gasteiger partial charge in [0.15, 0.2) is 6.61 Å². The lowest BCUT2D eigenvalue weighted by Crippen LogP contribution is -2.27. The van der Waals surface area contributed by atoms with Gasteiger partial charge < -0.3 is 14.2 Å². The zero-order valence-corrected chi connectivity index (χ0v) is 19.1. The molecule has 0 spiro atoms. The van der Waals surface area contributed by atoms with Gasteiger partial charge in [0.25, 0.3) is 0 Å².